The van der Waals surface area contributed by atoms with Crippen molar-refractivity contribution in [1.82, 2.24) is 5.06 Å². The van der Waals surface area contributed by atoms with Gasteiger partial charge < -0.3 is 10.5 Å². The number of hydroxylamine groups is 2. The Morgan fingerprint density at radius 2 is 2.29 bits per heavy atom. The van der Waals surface area contributed by atoms with Crippen molar-refractivity contribution in [2.45, 2.75) is 13.5 Å². The van der Waals surface area contributed by atoms with Crippen molar-refractivity contribution in [2.24, 2.45) is 0 Å². The zero-order valence-electron chi connectivity index (χ0n) is 8.32. The maximum Gasteiger partial charge on any atom is 0.221 e. The number of rotatable bonds is 3. The van der Waals surface area contributed by atoms with Crippen LogP contribution >= 0.6 is 0 Å². The fourth-order valence-electron chi connectivity index (χ4n) is 1.21. The number of hydrogen-bond donors (Lipinski definition) is 2. The molecule has 4 heteroatoms. The lowest BCUT2D eigenvalue weighted by atomic mass is 10.2. The highest BCUT2D eigenvalue weighted by atomic mass is 16.5. The molecule has 4 nitrogen and oxygen atoms in total. The molecule has 0 atom stereocenters. The Labute approximate surface area is 83.1 Å². The first kappa shape index (κ1) is 10.7. The minimum atomic E-state index is -0.0977. The van der Waals surface area contributed by atoms with Gasteiger partial charge in [-0.15, -0.1) is 0 Å². The standard InChI is InChI=1S/C10H14N2O2/c1-8(13)11-10-5-3-4-9(6-10)7-12(2)14/h3-6,14H,7H2,1-2H3,(H,11,13). The van der Waals surface area contributed by atoms with E-state index in [1.165, 1.54) is 6.92 Å². The molecule has 0 fully saturated rings. The molecule has 1 aromatic carbocycles. The Bertz CT molecular complexity index is 324. The SMILES string of the molecule is CC(=O)Nc1cccc(CN(C)O)c1. The Morgan fingerprint density at radius 3 is 2.86 bits per heavy atom. The summed E-state index contributed by atoms with van der Waals surface area (Å²) in [6, 6.07) is 7.36. The second kappa shape index (κ2) is 4.74. The first-order chi connectivity index (χ1) is 6.58. The predicted octanol–water partition coefficient (Wildman–Crippen LogP) is 1.47. The molecule has 14 heavy (non-hydrogen) atoms. The summed E-state index contributed by atoms with van der Waals surface area (Å²) in [6.45, 7) is 1.90. The van der Waals surface area contributed by atoms with Crippen molar-refractivity contribution >= 4 is 11.6 Å². The molecule has 0 saturated carbocycles. The van der Waals surface area contributed by atoms with Gasteiger partial charge >= 0.3 is 0 Å². The lowest BCUT2D eigenvalue weighted by Gasteiger charge is -2.09. The zero-order chi connectivity index (χ0) is 10.6. The number of anilines is 1. The van der Waals surface area contributed by atoms with Gasteiger partial charge in [-0.3, -0.25) is 4.79 Å². The number of hydrogen-bond acceptors (Lipinski definition) is 3. The fraction of sp³-hybridized carbons (Fsp3) is 0.300. The van der Waals surface area contributed by atoms with Crippen molar-refractivity contribution in [3.05, 3.63) is 29.8 Å². The quantitative estimate of drug-likeness (QED) is 0.716. The molecule has 2 N–H and O–H groups in total. The molecule has 0 unspecified atom stereocenters. The van der Waals surface area contributed by atoms with E-state index >= 15 is 0 Å². The minimum absolute atomic E-state index is 0.0977. The van der Waals surface area contributed by atoms with Crippen LogP contribution in [0, 0.1) is 0 Å². The molecule has 0 spiro atoms. The van der Waals surface area contributed by atoms with Crippen LogP contribution in [0.1, 0.15) is 12.5 Å². The average Bonchev–Trinajstić information content (AvgIpc) is 2.01. The number of carbonyl (C=O) groups is 1. The van der Waals surface area contributed by atoms with Gasteiger partial charge in [0.05, 0.1) is 0 Å². The Balaban J connectivity index is 2.73. The summed E-state index contributed by atoms with van der Waals surface area (Å²) < 4.78 is 0. The molecular formula is C10H14N2O2. The molecule has 76 valence electrons. The van der Waals surface area contributed by atoms with Crippen LogP contribution < -0.4 is 5.32 Å². The van der Waals surface area contributed by atoms with Crippen LogP contribution in [-0.2, 0) is 11.3 Å². The van der Waals surface area contributed by atoms with E-state index in [-0.39, 0.29) is 5.91 Å². The number of nitrogens with zero attached hydrogens (tertiary/aromatic N) is 1. The normalized spacial score (nSPS) is 10.3. The van der Waals surface area contributed by atoms with Gasteiger partial charge in [0.2, 0.25) is 5.91 Å². The van der Waals surface area contributed by atoms with Crippen LogP contribution in [-0.4, -0.2) is 23.2 Å². The van der Waals surface area contributed by atoms with E-state index < -0.39 is 0 Å². The van der Waals surface area contributed by atoms with Crippen molar-refractivity contribution < 1.29 is 10.0 Å². The molecule has 0 aliphatic heterocycles. The molecule has 0 radical (unpaired) electrons. The van der Waals surface area contributed by atoms with Gasteiger partial charge in [-0.25, -0.2) is 0 Å². The Morgan fingerprint density at radius 1 is 1.57 bits per heavy atom. The van der Waals surface area contributed by atoms with Gasteiger partial charge in [-0.1, -0.05) is 12.1 Å². The highest BCUT2D eigenvalue weighted by Gasteiger charge is 1.99. The fourth-order valence-corrected chi connectivity index (χ4v) is 1.21. The lowest BCUT2D eigenvalue weighted by Crippen LogP contribution is -2.12. The van der Waals surface area contributed by atoms with E-state index in [9.17, 15) is 4.79 Å². The molecule has 0 aromatic heterocycles. The molecular weight excluding hydrogens is 180 g/mol. The van der Waals surface area contributed by atoms with E-state index in [0.29, 0.717) is 6.54 Å². The largest absolute Gasteiger partial charge is 0.326 e. The summed E-state index contributed by atoms with van der Waals surface area (Å²) in [7, 11) is 1.57. The van der Waals surface area contributed by atoms with Crippen LogP contribution in [0.4, 0.5) is 5.69 Å². The predicted molar refractivity (Wildman–Crippen MR) is 54.0 cm³/mol. The molecule has 0 heterocycles. The van der Waals surface area contributed by atoms with E-state index in [1.54, 1.807) is 7.05 Å². The van der Waals surface area contributed by atoms with Crippen molar-refractivity contribution in [3.63, 3.8) is 0 Å². The zero-order valence-corrected chi connectivity index (χ0v) is 8.32. The van der Waals surface area contributed by atoms with Gasteiger partial charge in [-0.05, 0) is 17.7 Å². The van der Waals surface area contributed by atoms with Gasteiger partial charge in [0.15, 0.2) is 0 Å². The molecule has 0 bridgehead atoms. The second-order valence-corrected chi connectivity index (χ2v) is 3.20. The molecule has 0 aliphatic rings. The summed E-state index contributed by atoms with van der Waals surface area (Å²) in [6.07, 6.45) is 0. The summed E-state index contributed by atoms with van der Waals surface area (Å²) in [5.41, 5.74) is 1.69. The van der Waals surface area contributed by atoms with Crippen molar-refractivity contribution in [1.29, 1.82) is 0 Å². The van der Waals surface area contributed by atoms with Gasteiger partial charge in [0, 0.05) is 26.2 Å². The highest BCUT2D eigenvalue weighted by molar-refractivity contribution is 5.88. The van der Waals surface area contributed by atoms with Gasteiger partial charge in [-0.2, -0.15) is 5.06 Å². The summed E-state index contributed by atoms with van der Waals surface area (Å²) >= 11 is 0. The molecule has 0 aliphatic carbocycles. The van der Waals surface area contributed by atoms with E-state index in [1.807, 2.05) is 24.3 Å². The van der Waals surface area contributed by atoms with Crippen LogP contribution in [0.25, 0.3) is 0 Å². The Kier molecular flexibility index (Phi) is 3.62. The first-order valence-corrected chi connectivity index (χ1v) is 4.34. The van der Waals surface area contributed by atoms with E-state index in [4.69, 9.17) is 5.21 Å². The van der Waals surface area contributed by atoms with E-state index in [2.05, 4.69) is 5.32 Å². The number of benzene rings is 1. The van der Waals surface area contributed by atoms with Crippen molar-refractivity contribution in [2.75, 3.05) is 12.4 Å². The molecule has 1 aromatic rings. The lowest BCUT2D eigenvalue weighted by molar-refractivity contribution is -0.114. The topological polar surface area (TPSA) is 52.6 Å². The molecule has 1 rings (SSSR count). The first-order valence-electron chi connectivity index (χ1n) is 4.34. The number of amides is 1. The van der Waals surface area contributed by atoms with Crippen LogP contribution in [0.3, 0.4) is 0 Å². The van der Waals surface area contributed by atoms with Gasteiger partial charge in [0.25, 0.3) is 0 Å². The Hall–Kier alpha value is -1.39. The van der Waals surface area contributed by atoms with Crippen LogP contribution in [0.2, 0.25) is 0 Å². The third-order valence-corrected chi connectivity index (χ3v) is 1.66. The summed E-state index contributed by atoms with van der Waals surface area (Å²) in [5.74, 6) is -0.0977. The number of carbonyl (C=O) groups excluding carboxylic acids is 1. The van der Waals surface area contributed by atoms with Crippen molar-refractivity contribution in [3.8, 4) is 0 Å². The van der Waals surface area contributed by atoms with Crippen LogP contribution in [0.5, 0.6) is 0 Å². The highest BCUT2D eigenvalue weighted by Crippen LogP contribution is 2.11. The summed E-state index contributed by atoms with van der Waals surface area (Å²) in [4.78, 5) is 10.8. The third-order valence-electron chi connectivity index (χ3n) is 1.66. The average molecular weight is 194 g/mol. The molecule has 1 amide bonds. The molecule has 0 saturated heterocycles. The number of nitrogens with one attached hydrogen (secondary N) is 1. The maximum atomic E-state index is 10.8. The smallest absolute Gasteiger partial charge is 0.221 e. The van der Waals surface area contributed by atoms with Crippen LogP contribution in [0.15, 0.2) is 24.3 Å². The van der Waals surface area contributed by atoms with E-state index in [0.717, 1.165) is 16.3 Å². The third kappa shape index (κ3) is 3.55. The van der Waals surface area contributed by atoms with Gasteiger partial charge in [0.1, 0.15) is 0 Å². The summed E-state index contributed by atoms with van der Waals surface area (Å²) in [5, 5.41) is 12.8. The monoisotopic (exact) mass is 194 g/mol. The minimum Gasteiger partial charge on any atom is -0.326 e. The maximum absolute atomic E-state index is 10.8. The second-order valence-electron chi connectivity index (χ2n) is 3.20.